The Morgan fingerprint density at radius 1 is 0.967 bits per heavy atom. The minimum Gasteiger partial charge on any atom is -0.388 e. The number of methoxy groups -OCH3 is 1. The number of ether oxygens (including phenoxy) is 4. The van der Waals surface area contributed by atoms with Gasteiger partial charge in [-0.1, -0.05) is 72.4 Å². The zero-order chi connectivity index (χ0) is 21.3. The summed E-state index contributed by atoms with van der Waals surface area (Å²) in [6.07, 6.45) is -3.61. The van der Waals surface area contributed by atoms with Gasteiger partial charge in [0.1, 0.15) is 18.3 Å². The van der Waals surface area contributed by atoms with Crippen molar-refractivity contribution in [3.05, 3.63) is 71.8 Å². The van der Waals surface area contributed by atoms with Crippen LogP contribution in [0.2, 0.25) is 0 Å². The van der Waals surface area contributed by atoms with Gasteiger partial charge in [0.05, 0.1) is 19.3 Å². The Kier molecular flexibility index (Phi) is 8.87. The van der Waals surface area contributed by atoms with Gasteiger partial charge in [-0.3, -0.25) is 4.79 Å². The maximum absolute atomic E-state index is 11.4. The number of aliphatic hydroxyl groups is 1. The fourth-order valence-electron chi connectivity index (χ4n) is 3.32. The molecule has 1 aliphatic heterocycles. The van der Waals surface area contributed by atoms with Crippen molar-refractivity contribution >= 4 is 16.9 Å². The van der Waals surface area contributed by atoms with Crippen LogP contribution < -0.4 is 0 Å². The number of thioether (sulfide) groups is 1. The molecular weight excluding hydrogens is 404 g/mol. The minimum absolute atomic E-state index is 0.0380. The topological polar surface area (TPSA) is 74.2 Å². The molecule has 1 saturated heterocycles. The first-order chi connectivity index (χ1) is 14.6. The second-order valence-corrected chi connectivity index (χ2v) is 8.29. The molecule has 2 aromatic carbocycles. The van der Waals surface area contributed by atoms with Crippen molar-refractivity contribution in [2.45, 2.75) is 50.8 Å². The second-order valence-electron chi connectivity index (χ2n) is 7.09. The zero-order valence-electron chi connectivity index (χ0n) is 17.2. The second kappa shape index (κ2) is 11.6. The van der Waals surface area contributed by atoms with E-state index in [1.54, 1.807) is 0 Å². The Morgan fingerprint density at radius 3 is 2.00 bits per heavy atom. The van der Waals surface area contributed by atoms with Crippen molar-refractivity contribution in [2.24, 2.45) is 0 Å². The third-order valence-corrected chi connectivity index (χ3v) is 5.77. The number of hydrogen-bond donors (Lipinski definition) is 1. The third kappa shape index (κ3) is 6.38. The maximum atomic E-state index is 11.4. The van der Waals surface area contributed by atoms with Crippen LogP contribution in [-0.4, -0.2) is 53.8 Å². The van der Waals surface area contributed by atoms with Crippen LogP contribution in [0.5, 0.6) is 0 Å². The molecule has 1 N–H and O–H groups in total. The van der Waals surface area contributed by atoms with Gasteiger partial charge in [0, 0.05) is 19.8 Å². The van der Waals surface area contributed by atoms with Crippen molar-refractivity contribution in [2.75, 3.05) is 12.9 Å². The van der Waals surface area contributed by atoms with Gasteiger partial charge in [-0.05, 0) is 11.1 Å². The van der Waals surface area contributed by atoms with Gasteiger partial charge in [0.25, 0.3) is 0 Å². The number of hydrogen-bond acceptors (Lipinski definition) is 7. The molecule has 0 aromatic heterocycles. The van der Waals surface area contributed by atoms with E-state index < -0.39 is 30.7 Å². The first-order valence-corrected chi connectivity index (χ1v) is 10.9. The van der Waals surface area contributed by atoms with Crippen molar-refractivity contribution in [3.63, 3.8) is 0 Å². The summed E-state index contributed by atoms with van der Waals surface area (Å²) in [6, 6.07) is 19.5. The predicted molar refractivity (Wildman–Crippen MR) is 115 cm³/mol. The van der Waals surface area contributed by atoms with Crippen molar-refractivity contribution in [1.82, 2.24) is 0 Å². The lowest BCUT2D eigenvalue weighted by Crippen LogP contribution is -2.60. The van der Waals surface area contributed by atoms with Gasteiger partial charge >= 0.3 is 0 Å². The number of aliphatic hydroxyl groups excluding tert-OH is 1. The average Bonchev–Trinajstić information content (AvgIpc) is 2.77. The summed E-state index contributed by atoms with van der Waals surface area (Å²) in [6.45, 7) is 2.14. The van der Waals surface area contributed by atoms with Crippen LogP contribution in [0.15, 0.2) is 60.7 Å². The monoisotopic (exact) mass is 432 g/mol. The molecule has 6 nitrogen and oxygen atoms in total. The lowest BCUT2D eigenvalue weighted by atomic mass is 9.99. The Bertz CT molecular complexity index is 772. The van der Waals surface area contributed by atoms with E-state index in [1.807, 2.05) is 60.7 Å². The van der Waals surface area contributed by atoms with Gasteiger partial charge < -0.3 is 24.1 Å². The van der Waals surface area contributed by atoms with Crippen molar-refractivity contribution in [3.8, 4) is 0 Å². The highest BCUT2D eigenvalue weighted by Gasteiger charge is 2.47. The molecule has 0 unspecified atom stereocenters. The molecule has 7 heteroatoms. The highest BCUT2D eigenvalue weighted by molar-refractivity contribution is 8.13. The molecule has 0 spiro atoms. The van der Waals surface area contributed by atoms with Gasteiger partial charge in [-0.15, -0.1) is 0 Å². The largest absolute Gasteiger partial charge is 0.388 e. The standard InChI is InChI=1S/C23H28O6S/c1-16(24)30-15-19-20(25)21(27-13-17-9-5-3-6-10-17)22(23(26-2)29-19)28-14-18-11-7-4-8-12-18/h3-12,19-23,25H,13-15H2,1-2H3/t19-,20+,21+,22-,23+/m1/s1. The molecule has 0 radical (unpaired) electrons. The van der Waals surface area contributed by atoms with Crippen molar-refractivity contribution < 1.29 is 28.8 Å². The summed E-state index contributed by atoms with van der Waals surface area (Å²) in [7, 11) is 1.53. The average molecular weight is 433 g/mol. The Morgan fingerprint density at radius 2 is 1.50 bits per heavy atom. The molecule has 30 heavy (non-hydrogen) atoms. The van der Waals surface area contributed by atoms with E-state index in [2.05, 4.69) is 0 Å². The lowest BCUT2D eigenvalue weighted by molar-refractivity contribution is -0.306. The predicted octanol–water partition coefficient (Wildman–Crippen LogP) is 3.17. The number of benzene rings is 2. The Hall–Kier alpha value is -1.74. The molecule has 0 bridgehead atoms. The third-order valence-electron chi connectivity index (χ3n) is 4.87. The first kappa shape index (κ1) is 22.9. The van der Waals surface area contributed by atoms with Crippen molar-refractivity contribution in [1.29, 1.82) is 0 Å². The number of rotatable bonds is 9. The summed E-state index contributed by atoms with van der Waals surface area (Å²) in [5.74, 6) is 0.312. The fraction of sp³-hybridized carbons (Fsp3) is 0.435. The highest BCUT2D eigenvalue weighted by atomic mass is 32.2. The number of carbonyl (C=O) groups is 1. The molecule has 1 aliphatic rings. The quantitative estimate of drug-likeness (QED) is 0.652. The molecule has 1 fully saturated rings. The Balaban J connectivity index is 1.75. The molecule has 5 atom stereocenters. The summed E-state index contributed by atoms with van der Waals surface area (Å²) < 4.78 is 23.7. The normalized spacial score (nSPS) is 26.4. The minimum atomic E-state index is -0.965. The van der Waals surface area contributed by atoms with Gasteiger partial charge in [0.15, 0.2) is 11.4 Å². The van der Waals surface area contributed by atoms with Gasteiger partial charge in [-0.25, -0.2) is 0 Å². The molecule has 162 valence electrons. The van der Waals surface area contributed by atoms with E-state index in [4.69, 9.17) is 18.9 Å². The van der Waals surface area contributed by atoms with Crippen LogP contribution in [0.1, 0.15) is 18.1 Å². The summed E-state index contributed by atoms with van der Waals surface area (Å²) >= 11 is 1.11. The smallest absolute Gasteiger partial charge is 0.186 e. The molecule has 0 amide bonds. The highest BCUT2D eigenvalue weighted by Crippen LogP contribution is 2.29. The molecule has 0 saturated carbocycles. The van der Waals surface area contributed by atoms with E-state index in [1.165, 1.54) is 14.0 Å². The molecule has 3 rings (SSSR count). The Labute approximate surface area is 181 Å². The van der Waals surface area contributed by atoms with E-state index in [0.29, 0.717) is 19.0 Å². The van der Waals surface area contributed by atoms with Crippen LogP contribution in [-0.2, 0) is 37.0 Å². The fourth-order valence-corrected chi connectivity index (χ4v) is 3.99. The van der Waals surface area contributed by atoms with E-state index in [-0.39, 0.29) is 5.12 Å². The summed E-state index contributed by atoms with van der Waals surface area (Å²) in [5.41, 5.74) is 1.99. The molecule has 0 aliphatic carbocycles. The van der Waals surface area contributed by atoms with Crippen LogP contribution in [0, 0.1) is 0 Å². The lowest BCUT2D eigenvalue weighted by Gasteiger charge is -2.43. The van der Waals surface area contributed by atoms with Crippen LogP contribution in [0.25, 0.3) is 0 Å². The van der Waals surface area contributed by atoms with E-state index >= 15 is 0 Å². The summed E-state index contributed by atoms with van der Waals surface area (Å²) in [5, 5.41) is 11.0. The molecular formula is C23H28O6S. The van der Waals surface area contributed by atoms with E-state index in [0.717, 1.165) is 22.9 Å². The molecule has 2 aromatic rings. The van der Waals surface area contributed by atoms with Crippen LogP contribution in [0.4, 0.5) is 0 Å². The van der Waals surface area contributed by atoms with Crippen LogP contribution >= 0.6 is 11.8 Å². The first-order valence-electron chi connectivity index (χ1n) is 9.89. The molecule has 1 heterocycles. The van der Waals surface area contributed by atoms with Crippen LogP contribution in [0.3, 0.4) is 0 Å². The zero-order valence-corrected chi connectivity index (χ0v) is 18.0. The number of carbonyl (C=O) groups excluding carboxylic acids is 1. The summed E-state index contributed by atoms with van der Waals surface area (Å²) in [4.78, 5) is 11.4. The maximum Gasteiger partial charge on any atom is 0.186 e. The van der Waals surface area contributed by atoms with Gasteiger partial charge in [-0.2, -0.15) is 0 Å². The van der Waals surface area contributed by atoms with Gasteiger partial charge in [0.2, 0.25) is 0 Å². The SMILES string of the molecule is CO[C@H]1O[C@H](CSC(C)=O)[C@H](O)[C@H](OCc2ccccc2)[C@H]1OCc1ccccc1. The van der Waals surface area contributed by atoms with E-state index in [9.17, 15) is 9.90 Å².